The average molecular weight is 407 g/mol. The number of aromatic nitrogens is 4. The maximum absolute atomic E-state index is 10.2. The number of anilines is 2. The number of benzene rings is 1. The molecule has 0 aliphatic carbocycles. The molecule has 1 fully saturated rings. The number of rotatable bonds is 5. The second-order valence-corrected chi connectivity index (χ2v) is 6.89. The molecule has 3 aromatic rings. The molecule has 6 N–H and O–H groups in total. The van der Waals surface area contributed by atoms with Crippen molar-refractivity contribution in [2.45, 2.75) is 31.1 Å². The molecule has 2 aromatic heterocycles. The largest absolute Gasteiger partial charge is 0.398 e. The Morgan fingerprint density at radius 2 is 2.04 bits per heavy atom. The molecule has 1 aliphatic rings. The topological polar surface area (TPSA) is 152 Å². The predicted molar refractivity (Wildman–Crippen MR) is 102 cm³/mol. The third-order valence-electron chi connectivity index (χ3n) is 4.67. The van der Waals surface area contributed by atoms with E-state index in [1.807, 2.05) is 6.07 Å². The van der Waals surface area contributed by atoms with Gasteiger partial charge in [0, 0.05) is 6.54 Å². The number of nitrogens with two attached hydrogens (primary N) is 1. The molecule has 0 bridgehead atoms. The summed E-state index contributed by atoms with van der Waals surface area (Å²) in [5.74, 6) is 0.489. The van der Waals surface area contributed by atoms with Gasteiger partial charge in [0.15, 0.2) is 23.2 Å². The Bertz CT molecular complexity index is 999. The molecular formula is C17H19ClN6O4. The van der Waals surface area contributed by atoms with Gasteiger partial charge in [0.2, 0.25) is 0 Å². The number of nitrogens with zero attached hydrogens (tertiary/aromatic N) is 4. The summed E-state index contributed by atoms with van der Waals surface area (Å²) in [6.07, 6.45) is -1.42. The minimum absolute atomic E-state index is 0.409. The van der Waals surface area contributed by atoms with E-state index in [0.717, 1.165) is 5.56 Å². The van der Waals surface area contributed by atoms with Gasteiger partial charge in [-0.05, 0) is 17.7 Å². The van der Waals surface area contributed by atoms with Gasteiger partial charge < -0.3 is 31.1 Å². The second-order valence-electron chi connectivity index (χ2n) is 6.48. The molecule has 10 nitrogen and oxygen atoms in total. The number of aliphatic hydroxyl groups is 3. The first kappa shape index (κ1) is 18.8. The lowest BCUT2D eigenvalue weighted by molar-refractivity contribution is -0.0511. The van der Waals surface area contributed by atoms with Gasteiger partial charge in [-0.2, -0.15) is 0 Å². The van der Waals surface area contributed by atoms with Crippen molar-refractivity contribution in [1.29, 1.82) is 0 Å². The van der Waals surface area contributed by atoms with Gasteiger partial charge in [-0.1, -0.05) is 17.7 Å². The zero-order chi connectivity index (χ0) is 19.8. The lowest BCUT2D eigenvalue weighted by Crippen LogP contribution is -2.33. The summed E-state index contributed by atoms with van der Waals surface area (Å²) in [5, 5.41) is 33.1. The second kappa shape index (κ2) is 7.49. The molecule has 1 unspecified atom stereocenters. The van der Waals surface area contributed by atoms with Crippen LogP contribution in [0.1, 0.15) is 11.8 Å². The third kappa shape index (κ3) is 3.25. The van der Waals surface area contributed by atoms with Crippen molar-refractivity contribution in [2.75, 3.05) is 17.7 Å². The molecular weight excluding hydrogens is 388 g/mol. The summed E-state index contributed by atoms with van der Waals surface area (Å²) < 4.78 is 7.05. The Morgan fingerprint density at radius 1 is 1.21 bits per heavy atom. The number of halogens is 1. The number of hydrogen-bond acceptors (Lipinski definition) is 9. The van der Waals surface area contributed by atoms with Crippen LogP contribution in [0.4, 0.5) is 11.5 Å². The van der Waals surface area contributed by atoms with Crippen molar-refractivity contribution < 1.29 is 20.1 Å². The number of nitrogen functional groups attached to an aromatic ring is 1. The summed E-state index contributed by atoms with van der Waals surface area (Å²) in [5.41, 5.74) is 8.03. The molecule has 148 valence electrons. The van der Waals surface area contributed by atoms with Crippen molar-refractivity contribution in [3.05, 3.63) is 41.4 Å². The maximum Gasteiger partial charge on any atom is 0.167 e. The van der Waals surface area contributed by atoms with Crippen LogP contribution in [0.2, 0.25) is 5.02 Å². The molecule has 1 aromatic carbocycles. The first-order chi connectivity index (χ1) is 13.5. The molecule has 11 heteroatoms. The fraction of sp³-hybridized carbons (Fsp3) is 0.353. The molecule has 3 heterocycles. The molecule has 0 saturated carbocycles. The highest BCUT2D eigenvalue weighted by atomic mass is 35.5. The molecule has 1 aliphatic heterocycles. The quantitative estimate of drug-likeness (QED) is 0.376. The summed E-state index contributed by atoms with van der Waals surface area (Å²) in [7, 11) is 0. The van der Waals surface area contributed by atoms with Crippen LogP contribution in [0.5, 0.6) is 0 Å². The van der Waals surface area contributed by atoms with Gasteiger partial charge in [0.1, 0.15) is 24.6 Å². The van der Waals surface area contributed by atoms with E-state index in [2.05, 4.69) is 20.3 Å². The highest BCUT2D eigenvalue weighted by Crippen LogP contribution is 2.32. The monoisotopic (exact) mass is 406 g/mol. The van der Waals surface area contributed by atoms with E-state index in [1.165, 1.54) is 17.2 Å². The Hall–Kier alpha value is -2.50. The third-order valence-corrected chi connectivity index (χ3v) is 5.00. The number of hydrogen-bond donors (Lipinski definition) is 5. The maximum atomic E-state index is 10.2. The summed E-state index contributed by atoms with van der Waals surface area (Å²) in [4.78, 5) is 12.7. The number of aliphatic hydroxyl groups excluding tert-OH is 3. The van der Waals surface area contributed by atoms with E-state index in [4.69, 9.17) is 22.1 Å². The lowest BCUT2D eigenvalue weighted by atomic mass is 10.1. The SMILES string of the molecule is Nc1ccc(CNc2ncnc3c2ncn3C2O[C@H](CO)[C@@H](O)[C@H]2O)cc1Cl. The van der Waals surface area contributed by atoms with E-state index < -0.39 is 31.1 Å². The molecule has 28 heavy (non-hydrogen) atoms. The standard InChI is InChI=1S/C17H19ClN6O4/c18-9-3-8(1-2-10(9)19)4-20-15-12-16(22-6-21-15)24(7-23-12)17-14(27)13(26)11(5-25)28-17/h1-3,6-7,11,13-14,17,25-27H,4-5,19H2,(H,20,21,22)/t11-,13-,14-,17?/m1/s1. The van der Waals surface area contributed by atoms with Gasteiger partial charge in [-0.25, -0.2) is 15.0 Å². The van der Waals surface area contributed by atoms with Gasteiger partial charge in [0.25, 0.3) is 0 Å². The Labute approximate surface area is 164 Å². The number of imidazole rings is 1. The zero-order valence-corrected chi connectivity index (χ0v) is 15.4. The minimum Gasteiger partial charge on any atom is -0.398 e. The van der Waals surface area contributed by atoms with Crippen LogP contribution < -0.4 is 11.1 Å². The predicted octanol–water partition coefficient (Wildman–Crippen LogP) is 0.285. The van der Waals surface area contributed by atoms with Crippen molar-refractivity contribution >= 4 is 34.3 Å². The summed E-state index contributed by atoms with van der Waals surface area (Å²) in [6, 6.07) is 5.34. The van der Waals surface area contributed by atoms with Gasteiger partial charge in [0.05, 0.1) is 23.6 Å². The molecule has 0 spiro atoms. The first-order valence-electron chi connectivity index (χ1n) is 8.57. The molecule has 1 saturated heterocycles. The van der Waals surface area contributed by atoms with Crippen LogP contribution in [0.3, 0.4) is 0 Å². The Kier molecular flexibility index (Phi) is 5.04. The normalized spacial score (nSPS) is 24.7. The van der Waals surface area contributed by atoms with E-state index in [0.29, 0.717) is 34.2 Å². The van der Waals surface area contributed by atoms with Gasteiger partial charge in [-0.15, -0.1) is 0 Å². The van der Waals surface area contributed by atoms with E-state index in [1.54, 1.807) is 12.1 Å². The van der Waals surface area contributed by atoms with Crippen molar-refractivity contribution in [1.82, 2.24) is 19.5 Å². The molecule has 4 atom stereocenters. The van der Waals surface area contributed by atoms with Crippen molar-refractivity contribution in [3.8, 4) is 0 Å². The number of fused-ring (bicyclic) bond motifs is 1. The van der Waals surface area contributed by atoms with Gasteiger partial charge >= 0.3 is 0 Å². The Balaban J connectivity index is 1.59. The fourth-order valence-electron chi connectivity index (χ4n) is 3.14. The average Bonchev–Trinajstić information content (AvgIpc) is 3.24. The van der Waals surface area contributed by atoms with Crippen LogP contribution in [-0.4, -0.2) is 59.8 Å². The van der Waals surface area contributed by atoms with E-state index in [-0.39, 0.29) is 0 Å². The van der Waals surface area contributed by atoms with Crippen LogP contribution in [0.25, 0.3) is 11.2 Å². The number of ether oxygens (including phenoxy) is 1. The Morgan fingerprint density at radius 3 is 2.75 bits per heavy atom. The first-order valence-corrected chi connectivity index (χ1v) is 8.95. The van der Waals surface area contributed by atoms with E-state index in [9.17, 15) is 15.3 Å². The zero-order valence-electron chi connectivity index (χ0n) is 14.6. The van der Waals surface area contributed by atoms with E-state index >= 15 is 0 Å². The summed E-state index contributed by atoms with van der Waals surface area (Å²) >= 11 is 6.05. The van der Waals surface area contributed by atoms with Gasteiger partial charge in [-0.3, -0.25) is 4.57 Å². The fourth-order valence-corrected chi connectivity index (χ4v) is 3.35. The highest BCUT2D eigenvalue weighted by molar-refractivity contribution is 6.33. The summed E-state index contributed by atoms with van der Waals surface area (Å²) in [6.45, 7) is 0.0279. The van der Waals surface area contributed by atoms with Crippen LogP contribution in [-0.2, 0) is 11.3 Å². The lowest BCUT2D eigenvalue weighted by Gasteiger charge is -2.16. The van der Waals surface area contributed by atoms with Crippen LogP contribution in [0.15, 0.2) is 30.9 Å². The molecule has 4 rings (SSSR count). The smallest absolute Gasteiger partial charge is 0.167 e. The van der Waals surface area contributed by atoms with Crippen LogP contribution >= 0.6 is 11.6 Å². The number of nitrogens with one attached hydrogen (secondary N) is 1. The highest BCUT2D eigenvalue weighted by Gasteiger charge is 2.44. The van der Waals surface area contributed by atoms with Crippen molar-refractivity contribution in [3.63, 3.8) is 0 Å². The van der Waals surface area contributed by atoms with Crippen LogP contribution in [0, 0.1) is 0 Å². The molecule has 0 radical (unpaired) electrons. The molecule has 0 amide bonds. The minimum atomic E-state index is -1.22. The van der Waals surface area contributed by atoms with Crippen molar-refractivity contribution in [2.24, 2.45) is 0 Å².